The molecule has 0 aliphatic rings. The molecule has 0 bridgehead atoms. The first-order valence-electron chi connectivity index (χ1n) is 12.0. The molecule has 188 valence electrons. The predicted octanol–water partition coefficient (Wildman–Crippen LogP) is 8.74. The molecule has 0 amide bonds. The minimum atomic E-state index is -2.84. The topological polar surface area (TPSA) is 45.8 Å². The molecular weight excluding hydrogens is 430 g/mol. The summed E-state index contributed by atoms with van der Waals surface area (Å²) in [6, 6.07) is 2.01. The summed E-state index contributed by atoms with van der Waals surface area (Å²) in [4.78, 5) is 11.7. The number of nitrogens with one attached hydrogen (secondary N) is 1. The molecule has 1 heterocycles. The number of Topliss-reactive ketones (excluding diaryl/α,β-unsaturated/α-hetero) is 1. The number of aromatic nitrogens is 2. The van der Waals surface area contributed by atoms with Gasteiger partial charge in [0.1, 0.15) is 5.78 Å². The van der Waals surface area contributed by atoms with Crippen LogP contribution in [0.4, 0.5) is 8.78 Å². The maximum Gasteiger partial charge on any atom is 0.270 e. The zero-order chi connectivity index (χ0) is 26.1. The van der Waals surface area contributed by atoms with Crippen molar-refractivity contribution in [2.24, 2.45) is 5.92 Å². The van der Waals surface area contributed by atoms with Gasteiger partial charge in [-0.25, -0.2) is 8.78 Å². The van der Waals surface area contributed by atoms with Gasteiger partial charge >= 0.3 is 0 Å². The van der Waals surface area contributed by atoms with E-state index in [1.165, 1.54) is 12.2 Å². The predicted molar refractivity (Wildman–Crippen MR) is 142 cm³/mol. The number of carbonyl (C=O) groups is 1. The molecular formula is C29H42F2N2O. The average molecular weight is 473 g/mol. The second-order valence-electron chi connectivity index (χ2n) is 8.13. The van der Waals surface area contributed by atoms with Crippen LogP contribution in [-0.2, 0) is 4.79 Å². The lowest BCUT2D eigenvalue weighted by atomic mass is 9.88. The summed E-state index contributed by atoms with van der Waals surface area (Å²) < 4.78 is 26.7. The highest BCUT2D eigenvalue weighted by Gasteiger charge is 2.24. The van der Waals surface area contributed by atoms with E-state index in [9.17, 15) is 13.6 Å². The summed E-state index contributed by atoms with van der Waals surface area (Å²) in [6.45, 7) is 15.9. The van der Waals surface area contributed by atoms with E-state index >= 15 is 0 Å². The van der Waals surface area contributed by atoms with E-state index in [0.717, 1.165) is 42.3 Å². The Bertz CT molecular complexity index is 909. The largest absolute Gasteiger partial charge is 0.300 e. The van der Waals surface area contributed by atoms with Crippen LogP contribution >= 0.6 is 0 Å². The number of hydrogen-bond donors (Lipinski definition) is 1. The smallest absolute Gasteiger partial charge is 0.270 e. The molecule has 5 heteroatoms. The number of aromatic amines is 1. The van der Waals surface area contributed by atoms with Gasteiger partial charge in [-0.3, -0.25) is 9.89 Å². The number of ketones is 1. The SMILES string of the molecule is C=C/C=C(\C=C/C)c1cc(C)[nH]n1.C\C=C(/C=C\C(=C/C)C(C)(F)F)C(CCC)CC(=O)CC. The zero-order valence-electron chi connectivity index (χ0n) is 21.9. The fraction of sp³-hybridized carbons (Fsp3) is 0.448. The number of aryl methyl sites for hydroxylation is 1. The molecule has 0 saturated heterocycles. The number of carbonyl (C=O) groups excluding carboxylic acids is 1. The van der Waals surface area contributed by atoms with Crippen LogP contribution < -0.4 is 0 Å². The van der Waals surface area contributed by atoms with Gasteiger partial charge in [0, 0.05) is 36.6 Å². The minimum absolute atomic E-state index is 0.00100. The van der Waals surface area contributed by atoms with E-state index in [0.29, 0.717) is 12.8 Å². The van der Waals surface area contributed by atoms with Crippen molar-refractivity contribution < 1.29 is 13.6 Å². The summed E-state index contributed by atoms with van der Waals surface area (Å²) in [6.07, 6.45) is 17.1. The Hall–Kier alpha value is -2.82. The Balaban J connectivity index is 0.000000712. The van der Waals surface area contributed by atoms with E-state index in [1.807, 2.05) is 58.1 Å². The van der Waals surface area contributed by atoms with Crippen LogP contribution in [0.5, 0.6) is 0 Å². The van der Waals surface area contributed by atoms with Crippen LogP contribution in [0.15, 0.2) is 72.4 Å². The van der Waals surface area contributed by atoms with Gasteiger partial charge in [0.15, 0.2) is 0 Å². The monoisotopic (exact) mass is 472 g/mol. The number of nitrogens with zero attached hydrogens (tertiary/aromatic N) is 1. The second-order valence-corrected chi connectivity index (χ2v) is 8.13. The van der Waals surface area contributed by atoms with Gasteiger partial charge in [-0.2, -0.15) is 5.10 Å². The highest BCUT2D eigenvalue weighted by atomic mass is 19.3. The lowest BCUT2D eigenvalue weighted by molar-refractivity contribution is -0.119. The molecule has 1 aromatic heterocycles. The maximum atomic E-state index is 13.4. The van der Waals surface area contributed by atoms with Crippen molar-refractivity contribution in [3.63, 3.8) is 0 Å². The number of H-pyrrole nitrogens is 1. The van der Waals surface area contributed by atoms with Crippen LogP contribution in [0, 0.1) is 12.8 Å². The molecule has 0 radical (unpaired) electrons. The summed E-state index contributed by atoms with van der Waals surface area (Å²) in [5, 5.41) is 7.07. The van der Waals surface area contributed by atoms with Gasteiger partial charge in [0.25, 0.3) is 5.92 Å². The van der Waals surface area contributed by atoms with E-state index in [4.69, 9.17) is 0 Å². The molecule has 0 aliphatic heterocycles. The number of alkyl halides is 2. The molecule has 1 N–H and O–H groups in total. The summed E-state index contributed by atoms with van der Waals surface area (Å²) >= 11 is 0. The molecule has 1 unspecified atom stereocenters. The number of halogens is 2. The molecule has 0 aliphatic carbocycles. The van der Waals surface area contributed by atoms with E-state index in [2.05, 4.69) is 23.7 Å². The molecule has 1 aromatic rings. The summed E-state index contributed by atoms with van der Waals surface area (Å²) in [7, 11) is 0. The van der Waals surface area contributed by atoms with Gasteiger partial charge in [-0.05, 0) is 51.7 Å². The normalized spacial score (nSPS) is 14.3. The van der Waals surface area contributed by atoms with Gasteiger partial charge in [0.05, 0.1) is 5.69 Å². The van der Waals surface area contributed by atoms with Crippen molar-refractivity contribution in [3.05, 3.63) is 83.8 Å². The fourth-order valence-electron chi connectivity index (χ4n) is 3.40. The molecule has 3 nitrogen and oxygen atoms in total. The van der Waals surface area contributed by atoms with Gasteiger partial charge in [-0.15, -0.1) is 0 Å². The summed E-state index contributed by atoms with van der Waals surface area (Å²) in [5.74, 6) is -2.51. The van der Waals surface area contributed by atoms with Crippen molar-refractivity contribution in [2.45, 2.75) is 80.1 Å². The fourth-order valence-corrected chi connectivity index (χ4v) is 3.40. The van der Waals surface area contributed by atoms with E-state index < -0.39 is 5.92 Å². The third kappa shape index (κ3) is 11.9. The molecule has 0 spiro atoms. The standard InChI is InChI=1S/C18H28F2O.C11H14N2/c1-6-10-15(13-17(21)9-4)14(7-2)11-12-16(8-3)18(5,19)20;1-4-6-10(7-5-2)11-8-9(3)12-13-11/h7-8,11-12,15H,6,9-10,13H2,1-5H3;4-8H,1H2,2-3H3,(H,12,13)/b12-11-,14-7+,16-8+;7-5-,10-6+. The van der Waals surface area contributed by atoms with Crippen LogP contribution in [-0.4, -0.2) is 21.9 Å². The molecule has 0 aromatic carbocycles. The number of allylic oxidation sites excluding steroid dienone is 11. The minimum Gasteiger partial charge on any atom is -0.300 e. The van der Waals surface area contributed by atoms with Crippen molar-refractivity contribution in [1.29, 1.82) is 0 Å². The van der Waals surface area contributed by atoms with Gasteiger partial charge in [0.2, 0.25) is 0 Å². The van der Waals surface area contributed by atoms with Crippen LogP contribution in [0.25, 0.3) is 5.57 Å². The highest BCUT2D eigenvalue weighted by molar-refractivity contribution is 5.78. The Morgan fingerprint density at radius 2 is 1.85 bits per heavy atom. The van der Waals surface area contributed by atoms with Crippen molar-refractivity contribution in [1.82, 2.24) is 10.2 Å². The van der Waals surface area contributed by atoms with Gasteiger partial charge in [-0.1, -0.05) is 75.5 Å². The second kappa shape index (κ2) is 16.7. The van der Waals surface area contributed by atoms with Crippen LogP contribution in [0.2, 0.25) is 0 Å². The first kappa shape index (κ1) is 31.2. The first-order valence-corrected chi connectivity index (χ1v) is 12.0. The van der Waals surface area contributed by atoms with Crippen molar-refractivity contribution in [2.75, 3.05) is 0 Å². The lowest BCUT2D eigenvalue weighted by Gasteiger charge is -2.17. The van der Waals surface area contributed by atoms with Crippen LogP contribution in [0.1, 0.15) is 78.6 Å². The molecule has 0 fully saturated rings. The van der Waals surface area contributed by atoms with E-state index in [-0.39, 0.29) is 17.3 Å². The molecule has 1 rings (SSSR count). The highest BCUT2D eigenvalue weighted by Crippen LogP contribution is 2.27. The van der Waals surface area contributed by atoms with Gasteiger partial charge < -0.3 is 0 Å². The average Bonchev–Trinajstić information content (AvgIpc) is 3.22. The Kier molecular flexibility index (Phi) is 15.4. The summed E-state index contributed by atoms with van der Waals surface area (Å²) in [5.41, 5.74) is 4.05. The molecule has 0 saturated carbocycles. The lowest BCUT2D eigenvalue weighted by Crippen LogP contribution is -2.13. The Morgan fingerprint density at radius 1 is 1.18 bits per heavy atom. The third-order valence-electron chi connectivity index (χ3n) is 5.23. The van der Waals surface area contributed by atoms with E-state index in [1.54, 1.807) is 19.1 Å². The first-order chi connectivity index (χ1) is 16.1. The number of rotatable bonds is 12. The Labute approximate surface area is 205 Å². The third-order valence-corrected chi connectivity index (χ3v) is 5.23. The molecule has 34 heavy (non-hydrogen) atoms. The Morgan fingerprint density at radius 3 is 2.26 bits per heavy atom. The van der Waals surface area contributed by atoms with Crippen molar-refractivity contribution >= 4 is 11.4 Å². The van der Waals surface area contributed by atoms with Crippen molar-refractivity contribution in [3.8, 4) is 0 Å². The quantitative estimate of drug-likeness (QED) is 0.309. The zero-order valence-corrected chi connectivity index (χ0v) is 21.9. The van der Waals surface area contributed by atoms with Crippen LogP contribution in [0.3, 0.4) is 0 Å². The molecule has 1 atom stereocenters. The maximum absolute atomic E-state index is 13.4. The number of hydrogen-bond acceptors (Lipinski definition) is 2.